The van der Waals surface area contributed by atoms with E-state index in [1.807, 2.05) is 30.3 Å². The van der Waals surface area contributed by atoms with E-state index in [0.29, 0.717) is 6.42 Å². The van der Waals surface area contributed by atoms with Gasteiger partial charge in [0.05, 0.1) is 10.2 Å². The molecule has 2 N–H and O–H groups in total. The third-order valence-electron chi connectivity index (χ3n) is 4.89. The summed E-state index contributed by atoms with van der Waals surface area (Å²) < 4.78 is 24.4. The Morgan fingerprint density at radius 1 is 1.09 bits per heavy atom. The first-order chi connectivity index (χ1) is 16.9. The number of halogens is 2. The lowest BCUT2D eigenvalue weighted by Gasteiger charge is -2.06. The lowest BCUT2D eigenvalue weighted by Crippen LogP contribution is -2.30. The molecule has 2 aromatic carbocycles. The van der Waals surface area contributed by atoms with Crippen LogP contribution in [0.3, 0.4) is 0 Å². The van der Waals surface area contributed by atoms with Crippen LogP contribution in [0.4, 0.5) is 10.2 Å². The molecule has 2 aromatic heterocycles. The number of ketones is 1. The fraction of sp³-hybridized carbons (Fsp3) is 0.182. The second-order valence-corrected chi connectivity index (χ2v) is 8.14. The number of carbonyl (C=O) groups is 2. The van der Waals surface area contributed by atoms with Gasteiger partial charge in [-0.1, -0.05) is 35.5 Å². The van der Waals surface area contributed by atoms with Gasteiger partial charge in [-0.2, -0.15) is 0 Å². The van der Waals surface area contributed by atoms with E-state index < -0.39 is 23.3 Å². The van der Waals surface area contributed by atoms with Crippen molar-refractivity contribution >= 4 is 33.4 Å². The van der Waals surface area contributed by atoms with Crippen LogP contribution in [-0.4, -0.2) is 38.3 Å². The van der Waals surface area contributed by atoms with Crippen LogP contribution in [0, 0.1) is 5.82 Å². The summed E-state index contributed by atoms with van der Waals surface area (Å²) in [5.74, 6) is -2.40. The zero-order chi connectivity index (χ0) is 24.8. The number of amides is 1. The molecular formula is C22H18BrFN6O5. The van der Waals surface area contributed by atoms with Gasteiger partial charge >= 0.3 is 5.76 Å². The molecule has 0 saturated carbocycles. The van der Waals surface area contributed by atoms with Crippen molar-refractivity contribution in [3.8, 4) is 17.2 Å². The summed E-state index contributed by atoms with van der Waals surface area (Å²) in [6.45, 7) is 0.519. The minimum Gasteiger partial charge on any atom is -0.365 e. The van der Waals surface area contributed by atoms with Crippen molar-refractivity contribution < 1.29 is 23.1 Å². The lowest BCUT2D eigenvalue weighted by atomic mass is 10.2. The van der Waals surface area contributed by atoms with E-state index in [0.717, 1.165) is 10.1 Å². The quantitative estimate of drug-likeness (QED) is 0.227. The molecule has 180 valence electrons. The van der Waals surface area contributed by atoms with Crippen molar-refractivity contribution in [2.45, 2.75) is 19.4 Å². The van der Waals surface area contributed by atoms with Crippen LogP contribution < -0.4 is 16.4 Å². The van der Waals surface area contributed by atoms with Gasteiger partial charge in [-0.3, -0.25) is 14.1 Å². The smallest absolute Gasteiger partial charge is 0.365 e. The molecule has 0 unspecified atom stereocenters. The van der Waals surface area contributed by atoms with Gasteiger partial charge in [0.25, 0.3) is 5.91 Å². The maximum Gasteiger partial charge on any atom is 0.446 e. The van der Waals surface area contributed by atoms with Gasteiger partial charge in [0.1, 0.15) is 5.82 Å². The largest absolute Gasteiger partial charge is 0.446 e. The molecule has 4 rings (SSSR count). The lowest BCUT2D eigenvalue weighted by molar-refractivity contribution is -0.138. The number of aromatic nitrogens is 4. The Morgan fingerprint density at radius 2 is 1.89 bits per heavy atom. The number of carbonyl (C=O) groups excluding carboxylic acids is 2. The van der Waals surface area contributed by atoms with Crippen molar-refractivity contribution in [2.75, 3.05) is 11.9 Å². The highest BCUT2D eigenvalue weighted by molar-refractivity contribution is 9.10. The minimum absolute atomic E-state index is 0.00646. The maximum atomic E-state index is 13.6. The molecule has 0 radical (unpaired) electrons. The first kappa shape index (κ1) is 24.0. The molecule has 0 fully saturated rings. The van der Waals surface area contributed by atoms with Gasteiger partial charge in [-0.05, 0) is 56.4 Å². The zero-order valence-corrected chi connectivity index (χ0v) is 19.6. The van der Waals surface area contributed by atoms with Gasteiger partial charge in [-0.25, -0.2) is 18.4 Å². The Hall–Kier alpha value is -4.13. The molecule has 13 heteroatoms. The summed E-state index contributed by atoms with van der Waals surface area (Å²) in [6, 6.07) is 13.2. The number of Topliss-reactive ketones (excluding diaryl/α,β-unsaturated/α-hetero) is 1. The van der Waals surface area contributed by atoms with E-state index >= 15 is 0 Å². The SMILES string of the molecule is O=C(CCCNc1nonc1-c1noc(=O)n1-c1ccc(F)c(Br)c1)C(=O)NCc1ccccc1. The van der Waals surface area contributed by atoms with Crippen molar-refractivity contribution in [1.29, 1.82) is 0 Å². The Bertz CT molecular complexity index is 1400. The average molecular weight is 545 g/mol. The minimum atomic E-state index is -0.820. The second-order valence-electron chi connectivity index (χ2n) is 7.29. The highest BCUT2D eigenvalue weighted by atomic mass is 79.9. The van der Waals surface area contributed by atoms with Gasteiger partial charge in [0.15, 0.2) is 5.69 Å². The Kier molecular flexibility index (Phi) is 7.45. The summed E-state index contributed by atoms with van der Waals surface area (Å²) in [7, 11) is 0. The van der Waals surface area contributed by atoms with Crippen LogP contribution in [0.1, 0.15) is 18.4 Å². The van der Waals surface area contributed by atoms with Crippen molar-refractivity contribution in [1.82, 2.24) is 25.4 Å². The van der Waals surface area contributed by atoms with Crippen molar-refractivity contribution in [3.05, 3.63) is 74.9 Å². The Labute approximate surface area is 205 Å². The standard InChI is InChI=1S/C22H18BrFN6O5/c23-15-11-14(8-9-16(15)24)30-20(29-34-22(30)33)18-19(28-35-27-18)25-10-4-7-17(31)21(32)26-12-13-5-2-1-3-6-13/h1-3,5-6,8-9,11H,4,7,10,12H2,(H,25,28)(H,26,32). The number of rotatable bonds is 10. The summed E-state index contributed by atoms with van der Waals surface area (Å²) >= 11 is 3.07. The van der Waals surface area contributed by atoms with Crippen LogP contribution in [-0.2, 0) is 16.1 Å². The van der Waals surface area contributed by atoms with Crippen LogP contribution in [0.25, 0.3) is 17.2 Å². The Balaban J connectivity index is 1.35. The average Bonchev–Trinajstić information content (AvgIpc) is 3.48. The summed E-state index contributed by atoms with van der Waals surface area (Å²) in [5.41, 5.74) is 1.24. The molecule has 0 atom stereocenters. The zero-order valence-electron chi connectivity index (χ0n) is 18.0. The molecule has 0 aliphatic rings. The first-order valence-electron chi connectivity index (χ1n) is 10.4. The predicted octanol–water partition coefficient (Wildman–Crippen LogP) is 2.85. The van der Waals surface area contributed by atoms with Crippen molar-refractivity contribution in [2.24, 2.45) is 0 Å². The van der Waals surface area contributed by atoms with Gasteiger partial charge in [0.2, 0.25) is 17.4 Å². The van der Waals surface area contributed by atoms with Gasteiger partial charge < -0.3 is 10.6 Å². The van der Waals surface area contributed by atoms with E-state index in [9.17, 15) is 18.8 Å². The van der Waals surface area contributed by atoms with Gasteiger partial charge in [0, 0.05) is 19.5 Å². The maximum absolute atomic E-state index is 13.6. The summed E-state index contributed by atoms with van der Waals surface area (Å²) in [4.78, 5) is 36.3. The molecule has 0 bridgehead atoms. The molecule has 2 heterocycles. The summed E-state index contributed by atoms with van der Waals surface area (Å²) in [5, 5.41) is 16.8. The Morgan fingerprint density at radius 3 is 2.66 bits per heavy atom. The molecule has 1 amide bonds. The fourth-order valence-electron chi connectivity index (χ4n) is 3.15. The molecule has 0 saturated heterocycles. The van der Waals surface area contributed by atoms with Crippen molar-refractivity contribution in [3.63, 3.8) is 0 Å². The van der Waals surface area contributed by atoms with Crippen LogP contribution >= 0.6 is 15.9 Å². The number of anilines is 1. The number of hydrogen-bond acceptors (Lipinski definition) is 9. The molecule has 35 heavy (non-hydrogen) atoms. The second kappa shape index (κ2) is 10.9. The molecule has 0 spiro atoms. The van der Waals surface area contributed by atoms with Crippen LogP contribution in [0.5, 0.6) is 0 Å². The fourth-order valence-corrected chi connectivity index (χ4v) is 3.52. The highest BCUT2D eigenvalue weighted by Gasteiger charge is 2.23. The number of nitrogens with zero attached hydrogens (tertiary/aromatic N) is 4. The molecule has 0 aliphatic carbocycles. The van der Waals surface area contributed by atoms with E-state index in [1.165, 1.54) is 18.2 Å². The van der Waals surface area contributed by atoms with Crippen LogP contribution in [0.15, 0.2) is 67.0 Å². The number of nitrogens with one attached hydrogen (secondary N) is 2. The normalized spacial score (nSPS) is 10.8. The number of benzene rings is 2. The highest BCUT2D eigenvalue weighted by Crippen LogP contribution is 2.26. The van der Waals surface area contributed by atoms with E-state index in [1.54, 1.807) is 0 Å². The monoisotopic (exact) mass is 544 g/mol. The number of hydrogen-bond donors (Lipinski definition) is 2. The predicted molar refractivity (Wildman–Crippen MR) is 124 cm³/mol. The third kappa shape index (κ3) is 5.69. The third-order valence-corrected chi connectivity index (χ3v) is 5.50. The first-order valence-corrected chi connectivity index (χ1v) is 11.2. The molecule has 11 nitrogen and oxygen atoms in total. The topological polar surface area (TPSA) is 145 Å². The van der Waals surface area contributed by atoms with E-state index in [4.69, 9.17) is 9.15 Å². The van der Waals surface area contributed by atoms with Crippen LogP contribution in [0.2, 0.25) is 0 Å². The van der Waals surface area contributed by atoms with E-state index in [-0.39, 0.29) is 47.0 Å². The van der Waals surface area contributed by atoms with E-state index in [2.05, 4.69) is 42.0 Å². The van der Waals surface area contributed by atoms with Gasteiger partial charge in [-0.15, -0.1) is 0 Å². The molecular weight excluding hydrogens is 527 g/mol. The molecule has 0 aliphatic heterocycles. The summed E-state index contributed by atoms with van der Waals surface area (Å²) in [6.07, 6.45) is 0.326. The molecule has 4 aromatic rings.